The second kappa shape index (κ2) is 7.81. The number of nitrogens with one attached hydrogen (secondary N) is 2. The van der Waals surface area contributed by atoms with Crippen molar-refractivity contribution in [1.82, 2.24) is 10.3 Å². The van der Waals surface area contributed by atoms with E-state index >= 15 is 0 Å². The van der Waals surface area contributed by atoms with E-state index in [0.717, 1.165) is 18.6 Å². The van der Waals surface area contributed by atoms with Gasteiger partial charge in [-0.3, -0.25) is 0 Å². The molecule has 1 saturated carbocycles. The fourth-order valence-corrected chi connectivity index (χ4v) is 2.84. The highest BCUT2D eigenvalue weighted by atomic mass is 16.5. The molecule has 0 spiro atoms. The highest BCUT2D eigenvalue weighted by Gasteiger charge is 2.15. The van der Waals surface area contributed by atoms with Crippen LogP contribution in [0.1, 0.15) is 37.7 Å². The average molecular weight is 325 g/mol. The Hall–Kier alpha value is -2.56. The van der Waals surface area contributed by atoms with E-state index in [9.17, 15) is 4.79 Å². The third-order valence-electron chi connectivity index (χ3n) is 4.18. The molecule has 1 aromatic heterocycles. The molecule has 1 heterocycles. The number of anilines is 1. The highest BCUT2D eigenvalue weighted by molar-refractivity contribution is 5.89. The normalized spacial score (nSPS) is 14.9. The first-order valence-electron chi connectivity index (χ1n) is 8.47. The van der Waals surface area contributed by atoms with Gasteiger partial charge in [0.1, 0.15) is 5.75 Å². The molecule has 5 heteroatoms. The Morgan fingerprint density at radius 2 is 1.83 bits per heavy atom. The monoisotopic (exact) mass is 325 g/mol. The summed E-state index contributed by atoms with van der Waals surface area (Å²) < 4.78 is 5.68. The van der Waals surface area contributed by atoms with E-state index in [0.29, 0.717) is 11.6 Å². The topological polar surface area (TPSA) is 63.2 Å². The van der Waals surface area contributed by atoms with Crippen molar-refractivity contribution in [3.63, 3.8) is 0 Å². The van der Waals surface area contributed by atoms with E-state index in [2.05, 4.69) is 15.6 Å². The number of carbonyl (C=O) groups excluding carboxylic acids is 1. The lowest BCUT2D eigenvalue weighted by atomic mass is 9.96. The number of carbonyl (C=O) groups is 1. The minimum absolute atomic E-state index is 0.170. The second-order valence-electron chi connectivity index (χ2n) is 6.23. The zero-order valence-corrected chi connectivity index (χ0v) is 13.9. The standard InChI is InChI=1S/C19H23N3O2/c1-14-7-10-17(11-8-14)24-18-12-9-16(13-20-18)22-19(23)21-15-5-3-2-4-6-15/h7-13,15H,2-6H2,1H3,(H2,21,22,23). The van der Waals surface area contributed by atoms with Gasteiger partial charge in [0, 0.05) is 12.1 Å². The van der Waals surface area contributed by atoms with Crippen LogP contribution in [0.4, 0.5) is 10.5 Å². The molecule has 1 aromatic carbocycles. The molecular weight excluding hydrogens is 302 g/mol. The number of hydrogen-bond acceptors (Lipinski definition) is 3. The molecule has 2 aromatic rings. The third-order valence-corrected chi connectivity index (χ3v) is 4.18. The third kappa shape index (κ3) is 4.72. The maximum Gasteiger partial charge on any atom is 0.319 e. The van der Waals surface area contributed by atoms with E-state index < -0.39 is 0 Å². The summed E-state index contributed by atoms with van der Waals surface area (Å²) in [5.74, 6) is 1.24. The summed E-state index contributed by atoms with van der Waals surface area (Å²) in [5, 5.41) is 5.84. The number of urea groups is 1. The van der Waals surface area contributed by atoms with Crippen LogP contribution < -0.4 is 15.4 Å². The summed E-state index contributed by atoms with van der Waals surface area (Å²) >= 11 is 0. The van der Waals surface area contributed by atoms with Crippen molar-refractivity contribution in [2.24, 2.45) is 0 Å². The summed E-state index contributed by atoms with van der Waals surface area (Å²) in [6.07, 6.45) is 7.38. The van der Waals surface area contributed by atoms with E-state index in [4.69, 9.17) is 4.74 Å². The largest absolute Gasteiger partial charge is 0.439 e. The number of rotatable bonds is 4. The van der Waals surface area contributed by atoms with Gasteiger partial charge in [-0.15, -0.1) is 0 Å². The Balaban J connectivity index is 1.52. The second-order valence-corrected chi connectivity index (χ2v) is 6.23. The van der Waals surface area contributed by atoms with Crippen molar-refractivity contribution in [2.45, 2.75) is 45.1 Å². The number of aromatic nitrogens is 1. The zero-order valence-electron chi connectivity index (χ0n) is 13.9. The van der Waals surface area contributed by atoms with Crippen LogP contribution in [0.5, 0.6) is 11.6 Å². The SMILES string of the molecule is Cc1ccc(Oc2ccc(NC(=O)NC3CCCCC3)cn2)cc1. The molecular formula is C19H23N3O2. The lowest BCUT2D eigenvalue weighted by Gasteiger charge is -2.22. The van der Waals surface area contributed by atoms with Crippen LogP contribution in [-0.4, -0.2) is 17.1 Å². The van der Waals surface area contributed by atoms with Gasteiger partial charge in [-0.2, -0.15) is 0 Å². The molecule has 2 N–H and O–H groups in total. The maximum atomic E-state index is 12.0. The summed E-state index contributed by atoms with van der Waals surface area (Å²) in [6, 6.07) is 11.4. The lowest BCUT2D eigenvalue weighted by Crippen LogP contribution is -2.39. The Morgan fingerprint density at radius 3 is 2.50 bits per heavy atom. The van der Waals surface area contributed by atoms with Crippen LogP contribution in [0, 0.1) is 6.92 Å². The molecule has 1 fully saturated rings. The summed E-state index contributed by atoms with van der Waals surface area (Å²) in [7, 11) is 0. The van der Waals surface area contributed by atoms with Gasteiger partial charge >= 0.3 is 6.03 Å². The zero-order chi connectivity index (χ0) is 16.8. The van der Waals surface area contributed by atoms with Crippen molar-refractivity contribution in [3.05, 3.63) is 48.2 Å². The molecule has 2 amide bonds. The van der Waals surface area contributed by atoms with Crippen LogP contribution in [-0.2, 0) is 0 Å². The fourth-order valence-electron chi connectivity index (χ4n) is 2.84. The first kappa shape index (κ1) is 16.3. The van der Waals surface area contributed by atoms with Crippen molar-refractivity contribution < 1.29 is 9.53 Å². The number of hydrogen-bond donors (Lipinski definition) is 2. The van der Waals surface area contributed by atoms with Crippen LogP contribution in [0.15, 0.2) is 42.6 Å². The predicted molar refractivity (Wildman–Crippen MR) is 94.5 cm³/mol. The molecule has 0 aliphatic heterocycles. The van der Waals surface area contributed by atoms with Gasteiger partial charge in [0.2, 0.25) is 5.88 Å². The molecule has 0 radical (unpaired) electrons. The Morgan fingerprint density at radius 1 is 1.08 bits per heavy atom. The van der Waals surface area contributed by atoms with E-state index in [1.54, 1.807) is 18.3 Å². The van der Waals surface area contributed by atoms with Gasteiger partial charge in [0.05, 0.1) is 11.9 Å². The Bertz CT molecular complexity index is 662. The highest BCUT2D eigenvalue weighted by Crippen LogP contribution is 2.21. The Labute approximate surface area is 142 Å². The Kier molecular flexibility index (Phi) is 5.31. The summed E-state index contributed by atoms with van der Waals surface area (Å²) in [6.45, 7) is 2.03. The average Bonchev–Trinajstić information content (AvgIpc) is 2.59. The molecule has 0 unspecified atom stereocenters. The van der Waals surface area contributed by atoms with Gasteiger partial charge < -0.3 is 15.4 Å². The van der Waals surface area contributed by atoms with Gasteiger partial charge in [-0.25, -0.2) is 9.78 Å². The first-order chi connectivity index (χ1) is 11.7. The van der Waals surface area contributed by atoms with E-state index in [1.807, 2.05) is 31.2 Å². The van der Waals surface area contributed by atoms with Crippen molar-refractivity contribution in [1.29, 1.82) is 0 Å². The molecule has 5 nitrogen and oxygen atoms in total. The summed E-state index contributed by atoms with van der Waals surface area (Å²) in [4.78, 5) is 16.2. The van der Waals surface area contributed by atoms with E-state index in [-0.39, 0.29) is 12.1 Å². The van der Waals surface area contributed by atoms with Crippen molar-refractivity contribution in [2.75, 3.05) is 5.32 Å². The quantitative estimate of drug-likeness (QED) is 0.861. The minimum atomic E-state index is -0.170. The van der Waals surface area contributed by atoms with Crippen molar-refractivity contribution >= 4 is 11.7 Å². The number of benzene rings is 1. The number of pyridine rings is 1. The molecule has 126 valence electrons. The first-order valence-corrected chi connectivity index (χ1v) is 8.47. The van der Waals surface area contributed by atoms with Gasteiger partial charge in [0.25, 0.3) is 0 Å². The van der Waals surface area contributed by atoms with Gasteiger partial charge in [0.15, 0.2) is 0 Å². The molecule has 0 saturated heterocycles. The molecule has 3 rings (SSSR count). The minimum Gasteiger partial charge on any atom is -0.439 e. The maximum absolute atomic E-state index is 12.0. The van der Waals surface area contributed by atoms with Crippen LogP contribution in [0.3, 0.4) is 0 Å². The number of nitrogens with zero attached hydrogens (tertiary/aromatic N) is 1. The number of amides is 2. The molecule has 24 heavy (non-hydrogen) atoms. The summed E-state index contributed by atoms with van der Waals surface area (Å²) in [5.41, 5.74) is 1.83. The number of ether oxygens (including phenoxy) is 1. The van der Waals surface area contributed by atoms with E-state index in [1.165, 1.54) is 24.8 Å². The molecule has 1 aliphatic carbocycles. The van der Waals surface area contributed by atoms with Crippen LogP contribution in [0.25, 0.3) is 0 Å². The lowest BCUT2D eigenvalue weighted by molar-refractivity contribution is 0.244. The van der Waals surface area contributed by atoms with Gasteiger partial charge in [-0.05, 0) is 38.0 Å². The number of aryl methyl sites for hydroxylation is 1. The smallest absolute Gasteiger partial charge is 0.319 e. The van der Waals surface area contributed by atoms with Crippen LogP contribution in [0.2, 0.25) is 0 Å². The van der Waals surface area contributed by atoms with Crippen LogP contribution >= 0.6 is 0 Å². The predicted octanol–water partition coefficient (Wildman–Crippen LogP) is 4.64. The van der Waals surface area contributed by atoms with Gasteiger partial charge in [-0.1, -0.05) is 37.0 Å². The van der Waals surface area contributed by atoms with Crippen molar-refractivity contribution in [3.8, 4) is 11.6 Å². The molecule has 1 aliphatic rings. The molecule has 0 atom stereocenters. The molecule has 0 bridgehead atoms. The fraction of sp³-hybridized carbons (Fsp3) is 0.368.